The number of esters is 1. The summed E-state index contributed by atoms with van der Waals surface area (Å²) in [4.78, 5) is 47.0. The lowest BCUT2D eigenvalue weighted by Gasteiger charge is -2.48. The molecule has 0 bridgehead atoms. The fourth-order valence-corrected chi connectivity index (χ4v) is 5.22. The third-order valence-corrected chi connectivity index (χ3v) is 7.63. The van der Waals surface area contributed by atoms with E-state index in [0.717, 1.165) is 29.8 Å². The predicted octanol–water partition coefficient (Wildman–Crippen LogP) is 3.28. The Morgan fingerprint density at radius 1 is 0.892 bits per heavy atom. The van der Waals surface area contributed by atoms with Gasteiger partial charge in [-0.05, 0) is 34.9 Å². The van der Waals surface area contributed by atoms with Crippen LogP contribution in [0, 0.1) is 0 Å². The largest absolute Gasteiger partial charge is 0.466 e. The highest BCUT2D eigenvalue weighted by Crippen LogP contribution is 2.24. The van der Waals surface area contributed by atoms with Gasteiger partial charge in [-0.2, -0.15) is 0 Å². The lowest BCUT2D eigenvalue weighted by Crippen LogP contribution is -2.64. The number of piperazine rings is 1. The minimum atomic E-state index is -0.389. The van der Waals surface area contributed by atoms with Gasteiger partial charge in [0, 0.05) is 68.5 Å². The maximum Gasteiger partial charge on any atom is 0.330 e. The molecule has 2 saturated heterocycles. The topological polar surface area (TPSA) is 83.1 Å². The van der Waals surface area contributed by atoms with E-state index in [-0.39, 0.29) is 17.8 Å². The van der Waals surface area contributed by atoms with Gasteiger partial charge in [0.2, 0.25) is 0 Å². The van der Waals surface area contributed by atoms with E-state index < -0.39 is 0 Å². The molecule has 5 rings (SSSR count). The summed E-state index contributed by atoms with van der Waals surface area (Å²) < 4.78 is 4.61. The first-order valence-corrected chi connectivity index (χ1v) is 13.1. The van der Waals surface area contributed by atoms with Crippen LogP contribution in [0.1, 0.15) is 25.7 Å². The number of amides is 2. The molecule has 2 fully saturated rings. The second-order valence-electron chi connectivity index (χ2n) is 9.09. The first-order chi connectivity index (χ1) is 18.0. The van der Waals surface area contributed by atoms with Crippen molar-refractivity contribution in [2.45, 2.75) is 6.04 Å². The summed E-state index contributed by atoms with van der Waals surface area (Å²) in [5.74, 6) is -0.335. The van der Waals surface area contributed by atoms with Gasteiger partial charge in [0.1, 0.15) is 0 Å². The zero-order chi connectivity index (χ0) is 25.8. The second-order valence-corrected chi connectivity index (χ2v) is 9.98. The molecule has 0 saturated carbocycles. The Morgan fingerprint density at radius 2 is 1.54 bits per heavy atom. The highest BCUT2D eigenvalue weighted by atomic mass is 32.1. The van der Waals surface area contributed by atoms with Crippen LogP contribution in [0.4, 0.5) is 0 Å². The van der Waals surface area contributed by atoms with Gasteiger partial charge in [0.15, 0.2) is 5.01 Å². The van der Waals surface area contributed by atoms with E-state index in [1.54, 1.807) is 12.3 Å². The molecule has 3 heterocycles. The molecule has 2 amide bonds. The number of carbonyl (C=O) groups excluding carboxylic acids is 3. The molecule has 0 atom stereocenters. The molecule has 9 heteroatoms. The van der Waals surface area contributed by atoms with Crippen molar-refractivity contribution < 1.29 is 19.1 Å². The van der Waals surface area contributed by atoms with Gasteiger partial charge in [-0.25, -0.2) is 9.78 Å². The Morgan fingerprint density at radius 3 is 2.14 bits per heavy atom. The third kappa shape index (κ3) is 5.63. The van der Waals surface area contributed by atoms with E-state index in [9.17, 15) is 14.4 Å². The van der Waals surface area contributed by atoms with E-state index >= 15 is 0 Å². The molecule has 0 N–H and O–H groups in total. The van der Waals surface area contributed by atoms with Crippen molar-refractivity contribution in [3.05, 3.63) is 82.3 Å². The number of rotatable bonds is 6. The van der Waals surface area contributed by atoms with Crippen molar-refractivity contribution in [3.8, 4) is 11.1 Å². The van der Waals surface area contributed by atoms with Crippen LogP contribution in [0.15, 0.2) is 66.2 Å². The van der Waals surface area contributed by atoms with Crippen LogP contribution in [0.3, 0.4) is 0 Å². The second kappa shape index (κ2) is 11.1. The van der Waals surface area contributed by atoms with Crippen LogP contribution in [-0.2, 0) is 9.53 Å². The van der Waals surface area contributed by atoms with Gasteiger partial charge in [-0.1, -0.05) is 36.4 Å². The van der Waals surface area contributed by atoms with E-state index in [4.69, 9.17) is 0 Å². The minimum absolute atomic E-state index is 0.00913. The molecule has 0 radical (unpaired) electrons. The molecule has 190 valence electrons. The van der Waals surface area contributed by atoms with E-state index in [2.05, 4.69) is 14.6 Å². The van der Waals surface area contributed by atoms with Crippen LogP contribution in [0.5, 0.6) is 0 Å². The fraction of sp³-hybridized carbons (Fsp3) is 0.286. The van der Waals surface area contributed by atoms with Crippen molar-refractivity contribution in [2.24, 2.45) is 0 Å². The van der Waals surface area contributed by atoms with Crippen LogP contribution >= 0.6 is 11.3 Å². The standard InChI is InChI=1S/C28H28N4O4S/c1-36-25(33)11-4-20-2-5-21(6-3-20)22-7-9-23(10-8-22)27(34)32-18-24(19-32)30-13-15-31(16-14-30)28(35)26-29-12-17-37-26/h2-12,17,24H,13-16,18-19H2,1H3/b11-4+. The van der Waals surface area contributed by atoms with Gasteiger partial charge >= 0.3 is 5.97 Å². The average Bonchev–Trinajstić information content (AvgIpc) is 3.46. The molecule has 0 aliphatic carbocycles. The van der Waals surface area contributed by atoms with E-state index in [0.29, 0.717) is 42.8 Å². The smallest absolute Gasteiger partial charge is 0.330 e. The van der Waals surface area contributed by atoms with Crippen LogP contribution < -0.4 is 0 Å². The number of aromatic nitrogens is 1. The first-order valence-electron chi connectivity index (χ1n) is 12.2. The summed E-state index contributed by atoms with van der Waals surface area (Å²) in [5, 5.41) is 2.37. The SMILES string of the molecule is COC(=O)/C=C/c1ccc(-c2ccc(C(=O)N3CC(N4CCN(C(=O)c5nccs5)CC4)C3)cc2)cc1. The molecule has 1 aromatic heterocycles. The Kier molecular flexibility index (Phi) is 7.43. The minimum Gasteiger partial charge on any atom is -0.466 e. The number of ether oxygens (including phenoxy) is 1. The van der Waals surface area contributed by atoms with Crippen LogP contribution in [0.2, 0.25) is 0 Å². The Hall–Kier alpha value is -3.82. The Labute approximate surface area is 219 Å². The molecule has 8 nitrogen and oxygen atoms in total. The van der Waals surface area contributed by atoms with Crippen molar-refractivity contribution in [3.63, 3.8) is 0 Å². The normalized spacial score (nSPS) is 16.6. The van der Waals surface area contributed by atoms with Crippen molar-refractivity contribution >= 4 is 35.2 Å². The van der Waals surface area contributed by atoms with E-state index in [1.165, 1.54) is 24.5 Å². The summed E-state index contributed by atoms with van der Waals surface area (Å²) in [6.07, 6.45) is 4.76. The zero-order valence-corrected chi connectivity index (χ0v) is 21.4. The maximum absolute atomic E-state index is 13.0. The zero-order valence-electron chi connectivity index (χ0n) is 20.6. The number of thiazole rings is 1. The van der Waals surface area contributed by atoms with Gasteiger partial charge in [-0.15, -0.1) is 11.3 Å². The van der Waals surface area contributed by atoms with Crippen molar-refractivity contribution in [1.29, 1.82) is 0 Å². The number of hydrogen-bond acceptors (Lipinski definition) is 7. The maximum atomic E-state index is 13.0. The van der Waals surface area contributed by atoms with Gasteiger partial charge in [0.25, 0.3) is 11.8 Å². The van der Waals surface area contributed by atoms with Crippen LogP contribution in [0.25, 0.3) is 17.2 Å². The number of likely N-dealkylation sites (tertiary alicyclic amines) is 1. The molecule has 0 unspecified atom stereocenters. The van der Waals surface area contributed by atoms with Crippen LogP contribution in [-0.4, -0.2) is 89.9 Å². The quantitative estimate of drug-likeness (QED) is 0.370. The highest BCUT2D eigenvalue weighted by Gasteiger charge is 2.37. The Bertz CT molecular complexity index is 1270. The van der Waals surface area contributed by atoms with Gasteiger partial charge in [0.05, 0.1) is 7.11 Å². The molecule has 0 spiro atoms. The summed E-state index contributed by atoms with van der Waals surface area (Å²) in [6, 6.07) is 15.8. The third-order valence-electron chi connectivity index (χ3n) is 6.87. The van der Waals surface area contributed by atoms with Gasteiger partial charge < -0.3 is 14.5 Å². The molecule has 2 aliphatic heterocycles. The predicted molar refractivity (Wildman–Crippen MR) is 142 cm³/mol. The van der Waals surface area contributed by atoms with E-state index in [1.807, 2.05) is 63.7 Å². The lowest BCUT2D eigenvalue weighted by atomic mass is 10.0. The summed E-state index contributed by atoms with van der Waals surface area (Å²) >= 11 is 1.38. The highest BCUT2D eigenvalue weighted by molar-refractivity contribution is 7.11. The number of hydrogen-bond donors (Lipinski definition) is 0. The average molecular weight is 517 g/mol. The monoisotopic (exact) mass is 516 g/mol. The summed E-state index contributed by atoms with van der Waals surface area (Å²) in [6.45, 7) is 4.43. The number of benzene rings is 2. The first kappa shape index (κ1) is 24.9. The molecule has 37 heavy (non-hydrogen) atoms. The molecule has 2 aliphatic rings. The number of nitrogens with zero attached hydrogens (tertiary/aromatic N) is 4. The fourth-order valence-electron chi connectivity index (χ4n) is 4.61. The van der Waals surface area contributed by atoms with Crippen molar-refractivity contribution in [1.82, 2.24) is 19.7 Å². The number of methoxy groups -OCH3 is 1. The van der Waals surface area contributed by atoms with Crippen molar-refractivity contribution in [2.75, 3.05) is 46.4 Å². The summed E-state index contributed by atoms with van der Waals surface area (Å²) in [5.41, 5.74) is 3.64. The molecular weight excluding hydrogens is 488 g/mol. The number of carbonyl (C=O) groups is 3. The summed E-state index contributed by atoms with van der Waals surface area (Å²) in [7, 11) is 1.35. The molecule has 2 aromatic carbocycles. The molecule has 3 aromatic rings. The molecular formula is C28H28N4O4S. The van der Waals surface area contributed by atoms with Gasteiger partial charge in [-0.3, -0.25) is 14.5 Å². The lowest BCUT2D eigenvalue weighted by molar-refractivity contribution is -0.134. The Balaban J connectivity index is 1.10.